The summed E-state index contributed by atoms with van der Waals surface area (Å²) in [6.45, 7) is 1.60. The first-order chi connectivity index (χ1) is 8.69. The summed E-state index contributed by atoms with van der Waals surface area (Å²) in [5.41, 5.74) is 7.80. The zero-order valence-electron chi connectivity index (χ0n) is 10.1. The maximum atomic E-state index is 5.96. The molecule has 0 saturated heterocycles. The highest BCUT2D eigenvalue weighted by Crippen LogP contribution is 2.21. The lowest BCUT2D eigenvalue weighted by Crippen LogP contribution is -2.13. The van der Waals surface area contributed by atoms with Crippen LogP contribution in [0.2, 0.25) is 0 Å². The molecule has 0 unspecified atom stereocenters. The molecule has 5 heteroatoms. The van der Waals surface area contributed by atoms with E-state index in [0.717, 1.165) is 34.6 Å². The molecule has 0 aliphatic rings. The van der Waals surface area contributed by atoms with E-state index in [4.69, 9.17) is 10.5 Å². The van der Waals surface area contributed by atoms with Crippen LogP contribution in [0.5, 0.6) is 5.75 Å². The van der Waals surface area contributed by atoms with E-state index in [0.29, 0.717) is 0 Å². The van der Waals surface area contributed by atoms with Gasteiger partial charge in [0.15, 0.2) is 0 Å². The van der Waals surface area contributed by atoms with Crippen LogP contribution in [0.4, 0.5) is 5.69 Å². The highest BCUT2D eigenvalue weighted by Gasteiger charge is 2.02. The van der Waals surface area contributed by atoms with Crippen molar-refractivity contribution >= 4 is 33.0 Å². The number of benzene rings is 1. The van der Waals surface area contributed by atoms with Crippen LogP contribution in [0.15, 0.2) is 34.1 Å². The smallest absolute Gasteiger partial charge is 0.120 e. The summed E-state index contributed by atoms with van der Waals surface area (Å²) in [5, 5.41) is 5.46. The number of halogens is 1. The number of hydrogen-bond donors (Lipinski definition) is 2. The Hall–Kier alpha value is -1.04. The molecule has 0 amide bonds. The van der Waals surface area contributed by atoms with E-state index in [-0.39, 0.29) is 0 Å². The topological polar surface area (TPSA) is 47.3 Å². The molecule has 96 valence electrons. The number of nitrogen functional groups attached to an aromatic ring is 1. The summed E-state index contributed by atoms with van der Waals surface area (Å²) < 4.78 is 6.26. The monoisotopic (exact) mass is 326 g/mol. The summed E-state index contributed by atoms with van der Waals surface area (Å²) in [4.78, 5) is 1.30. The van der Waals surface area contributed by atoms with E-state index < -0.39 is 0 Å². The average molecular weight is 327 g/mol. The van der Waals surface area contributed by atoms with Gasteiger partial charge in [0.1, 0.15) is 5.75 Å². The molecule has 3 N–H and O–H groups in total. The second-order valence-electron chi connectivity index (χ2n) is 3.90. The van der Waals surface area contributed by atoms with Gasteiger partial charge in [-0.25, -0.2) is 0 Å². The number of thiophene rings is 1. The summed E-state index contributed by atoms with van der Waals surface area (Å²) in [6.07, 6.45) is 0. The lowest BCUT2D eigenvalue weighted by molar-refractivity contribution is 0.415. The van der Waals surface area contributed by atoms with Gasteiger partial charge >= 0.3 is 0 Å². The quantitative estimate of drug-likeness (QED) is 0.828. The van der Waals surface area contributed by atoms with Gasteiger partial charge in [-0.1, -0.05) is 6.07 Å². The fraction of sp³-hybridized carbons (Fsp3) is 0.231. The molecular formula is C13H15BrN2OS. The summed E-state index contributed by atoms with van der Waals surface area (Å²) >= 11 is 5.18. The Balaban J connectivity index is 1.90. The van der Waals surface area contributed by atoms with Gasteiger partial charge in [-0.2, -0.15) is 0 Å². The molecule has 2 rings (SSSR count). The number of hydrogen-bond acceptors (Lipinski definition) is 4. The number of nitrogens with two attached hydrogens (primary N) is 1. The Bertz CT molecular complexity index is 527. The van der Waals surface area contributed by atoms with E-state index in [1.807, 2.05) is 18.2 Å². The van der Waals surface area contributed by atoms with Crippen LogP contribution in [0.25, 0.3) is 0 Å². The largest absolute Gasteiger partial charge is 0.497 e. The Labute approximate surface area is 119 Å². The molecule has 3 nitrogen and oxygen atoms in total. The SMILES string of the molecule is COc1ccc(CNCc2cc(Br)cs2)c(N)c1. The van der Waals surface area contributed by atoms with Gasteiger partial charge in [0.05, 0.1) is 7.11 Å². The predicted octanol–water partition coefficient (Wildman–Crippen LogP) is 3.39. The van der Waals surface area contributed by atoms with Crippen LogP contribution < -0.4 is 15.8 Å². The van der Waals surface area contributed by atoms with Gasteiger partial charge in [0.25, 0.3) is 0 Å². The van der Waals surface area contributed by atoms with Crippen molar-refractivity contribution in [3.8, 4) is 5.75 Å². The molecule has 18 heavy (non-hydrogen) atoms. The molecule has 0 radical (unpaired) electrons. The Morgan fingerprint density at radius 2 is 2.17 bits per heavy atom. The first-order valence-corrected chi connectivity index (χ1v) is 7.22. The molecule has 0 aliphatic carbocycles. The summed E-state index contributed by atoms with van der Waals surface area (Å²) in [5.74, 6) is 0.790. The first kappa shape index (κ1) is 13.4. The molecule has 0 atom stereocenters. The van der Waals surface area contributed by atoms with Crippen molar-refractivity contribution in [2.24, 2.45) is 0 Å². The normalized spacial score (nSPS) is 10.6. The summed E-state index contributed by atoms with van der Waals surface area (Å²) in [6, 6.07) is 7.88. The molecular weight excluding hydrogens is 312 g/mol. The second-order valence-corrected chi connectivity index (χ2v) is 5.81. The highest BCUT2D eigenvalue weighted by molar-refractivity contribution is 9.10. The fourth-order valence-corrected chi connectivity index (χ4v) is 3.05. The third kappa shape index (κ3) is 3.48. The van der Waals surface area contributed by atoms with Gasteiger partial charge < -0.3 is 15.8 Å². The van der Waals surface area contributed by atoms with Crippen LogP contribution in [-0.4, -0.2) is 7.11 Å². The number of methoxy groups -OCH3 is 1. The zero-order chi connectivity index (χ0) is 13.0. The molecule has 1 aromatic heterocycles. The lowest BCUT2D eigenvalue weighted by Gasteiger charge is -2.08. The minimum absolute atomic E-state index is 0.755. The van der Waals surface area contributed by atoms with Gasteiger partial charge in [-0.05, 0) is 33.6 Å². The standard InChI is InChI=1S/C13H15BrN2OS/c1-17-11-3-2-9(13(15)5-11)6-16-7-12-4-10(14)8-18-12/h2-5,8,16H,6-7,15H2,1H3. The van der Waals surface area contributed by atoms with Crippen LogP contribution in [-0.2, 0) is 13.1 Å². The maximum absolute atomic E-state index is 5.96. The van der Waals surface area contributed by atoms with Gasteiger partial charge in [0, 0.05) is 39.6 Å². The molecule has 2 aromatic rings. The van der Waals surface area contributed by atoms with Crippen molar-refractivity contribution in [2.75, 3.05) is 12.8 Å². The van der Waals surface area contributed by atoms with Crippen molar-refractivity contribution in [2.45, 2.75) is 13.1 Å². The number of nitrogens with one attached hydrogen (secondary N) is 1. The minimum atomic E-state index is 0.755. The predicted molar refractivity (Wildman–Crippen MR) is 80.0 cm³/mol. The van der Waals surface area contributed by atoms with Crippen molar-refractivity contribution in [3.05, 3.63) is 44.6 Å². The number of anilines is 1. The van der Waals surface area contributed by atoms with Crippen molar-refractivity contribution in [1.82, 2.24) is 5.32 Å². The average Bonchev–Trinajstić information content (AvgIpc) is 2.77. The van der Waals surface area contributed by atoms with Gasteiger partial charge in [-0.15, -0.1) is 11.3 Å². The van der Waals surface area contributed by atoms with Crippen molar-refractivity contribution in [3.63, 3.8) is 0 Å². The third-order valence-corrected chi connectivity index (χ3v) is 4.29. The third-order valence-electron chi connectivity index (χ3n) is 2.59. The Morgan fingerprint density at radius 1 is 1.33 bits per heavy atom. The Morgan fingerprint density at radius 3 is 2.78 bits per heavy atom. The van der Waals surface area contributed by atoms with E-state index in [2.05, 4.69) is 32.7 Å². The Kier molecular flexibility index (Phi) is 4.63. The van der Waals surface area contributed by atoms with Crippen LogP contribution in [0.1, 0.15) is 10.4 Å². The number of rotatable bonds is 5. The summed E-state index contributed by atoms with van der Waals surface area (Å²) in [7, 11) is 1.64. The number of ether oxygens (including phenoxy) is 1. The van der Waals surface area contributed by atoms with E-state index >= 15 is 0 Å². The van der Waals surface area contributed by atoms with E-state index in [1.165, 1.54) is 4.88 Å². The van der Waals surface area contributed by atoms with Crippen molar-refractivity contribution < 1.29 is 4.74 Å². The zero-order valence-corrected chi connectivity index (χ0v) is 12.5. The van der Waals surface area contributed by atoms with Gasteiger partial charge in [0.2, 0.25) is 0 Å². The molecule has 0 aliphatic heterocycles. The van der Waals surface area contributed by atoms with E-state index in [9.17, 15) is 0 Å². The van der Waals surface area contributed by atoms with Crippen LogP contribution in [0.3, 0.4) is 0 Å². The van der Waals surface area contributed by atoms with Gasteiger partial charge in [-0.3, -0.25) is 0 Å². The second kappa shape index (κ2) is 6.22. The molecule has 0 saturated carbocycles. The van der Waals surface area contributed by atoms with Crippen LogP contribution >= 0.6 is 27.3 Å². The highest BCUT2D eigenvalue weighted by atomic mass is 79.9. The first-order valence-electron chi connectivity index (χ1n) is 5.55. The van der Waals surface area contributed by atoms with E-state index in [1.54, 1.807) is 18.4 Å². The molecule has 1 aromatic carbocycles. The lowest BCUT2D eigenvalue weighted by atomic mass is 10.1. The van der Waals surface area contributed by atoms with Crippen molar-refractivity contribution in [1.29, 1.82) is 0 Å². The molecule has 0 spiro atoms. The maximum Gasteiger partial charge on any atom is 0.120 e. The molecule has 0 bridgehead atoms. The van der Waals surface area contributed by atoms with Crippen LogP contribution in [0, 0.1) is 0 Å². The fourth-order valence-electron chi connectivity index (χ4n) is 1.63. The molecule has 1 heterocycles. The minimum Gasteiger partial charge on any atom is -0.497 e. The molecule has 0 fully saturated rings.